The number of aryl methyl sites for hydroxylation is 2. The van der Waals surface area contributed by atoms with Crippen LogP contribution in [0.4, 0.5) is 24.9 Å². The van der Waals surface area contributed by atoms with Gasteiger partial charge in [0.15, 0.2) is 17.4 Å². The largest absolute Gasteiger partial charge is 0.488 e. The van der Waals surface area contributed by atoms with Gasteiger partial charge in [0.25, 0.3) is 0 Å². The number of hydrogen-bond donors (Lipinski definition) is 2. The number of nitrogens with zero attached hydrogens (tertiary/aromatic N) is 4. The highest BCUT2D eigenvalue weighted by atomic mass is 127. The smallest absolute Gasteiger partial charge is 0.417 e. The number of fused-ring (bicyclic) bond motifs is 1. The molecule has 1 aromatic carbocycles. The minimum absolute atomic E-state index is 0.0214. The van der Waals surface area contributed by atoms with Gasteiger partial charge >= 0.3 is 6.18 Å². The molecule has 0 saturated heterocycles. The second-order valence-corrected chi connectivity index (χ2v) is 6.39. The molecule has 7 nitrogen and oxygen atoms in total. The van der Waals surface area contributed by atoms with Gasteiger partial charge in [-0.2, -0.15) is 18.2 Å². The second kappa shape index (κ2) is 9.58. The first-order valence-electron chi connectivity index (χ1n) is 9.16. The Morgan fingerprint density at radius 1 is 1.10 bits per heavy atom. The lowest BCUT2D eigenvalue weighted by Crippen LogP contribution is -2.10. The Morgan fingerprint density at radius 3 is 2.57 bits per heavy atom. The number of halogens is 4. The third-order valence-corrected chi connectivity index (χ3v) is 4.29. The van der Waals surface area contributed by atoms with Gasteiger partial charge in [0.05, 0.1) is 17.9 Å². The summed E-state index contributed by atoms with van der Waals surface area (Å²) < 4.78 is 46.2. The molecule has 2 N–H and O–H groups in total. The minimum atomic E-state index is -4.52. The summed E-state index contributed by atoms with van der Waals surface area (Å²) in [7, 11) is 0. The SMILES string of the molecule is CI.Cc1nc(Nc2nc(-c3ccccc3C(F)(F)F)nc3c2OCCCC3)n[nH]1. The van der Waals surface area contributed by atoms with Crippen LogP contribution in [0.1, 0.15) is 29.9 Å². The first kappa shape index (κ1) is 22.2. The van der Waals surface area contributed by atoms with Crippen LogP contribution in [-0.4, -0.2) is 36.7 Å². The molecular formula is C19H20F3IN6O. The Bertz CT molecular complexity index is 1010. The first-order valence-corrected chi connectivity index (χ1v) is 11.3. The summed E-state index contributed by atoms with van der Waals surface area (Å²) in [5.74, 6) is 1.49. The Balaban J connectivity index is 0.00000124. The Kier molecular flexibility index (Phi) is 7.10. The van der Waals surface area contributed by atoms with Crippen LogP contribution in [0.5, 0.6) is 5.75 Å². The number of ether oxygens (including phenoxy) is 1. The zero-order chi connectivity index (χ0) is 21.7. The maximum absolute atomic E-state index is 13.5. The van der Waals surface area contributed by atoms with E-state index in [1.807, 2.05) is 4.93 Å². The molecule has 1 aliphatic heterocycles. The van der Waals surface area contributed by atoms with E-state index in [-0.39, 0.29) is 23.2 Å². The van der Waals surface area contributed by atoms with Gasteiger partial charge in [0, 0.05) is 5.56 Å². The lowest BCUT2D eigenvalue weighted by molar-refractivity contribution is -0.137. The van der Waals surface area contributed by atoms with E-state index in [0.717, 1.165) is 18.9 Å². The van der Waals surface area contributed by atoms with Gasteiger partial charge in [0.2, 0.25) is 5.95 Å². The number of rotatable bonds is 3. The van der Waals surface area contributed by atoms with Crippen molar-refractivity contribution >= 4 is 34.4 Å². The molecule has 0 spiro atoms. The van der Waals surface area contributed by atoms with Gasteiger partial charge in [-0.15, -0.1) is 5.10 Å². The van der Waals surface area contributed by atoms with Crippen LogP contribution in [0.3, 0.4) is 0 Å². The quantitative estimate of drug-likeness (QED) is 0.361. The fourth-order valence-electron chi connectivity index (χ4n) is 3.02. The van der Waals surface area contributed by atoms with Gasteiger partial charge in [0.1, 0.15) is 5.82 Å². The Hall–Kier alpha value is -2.44. The molecule has 0 bridgehead atoms. The van der Waals surface area contributed by atoms with E-state index in [1.54, 1.807) is 6.92 Å². The van der Waals surface area contributed by atoms with Crippen molar-refractivity contribution in [2.75, 3.05) is 16.9 Å². The zero-order valence-electron chi connectivity index (χ0n) is 16.3. The molecule has 4 rings (SSSR count). The molecular weight excluding hydrogens is 512 g/mol. The summed E-state index contributed by atoms with van der Waals surface area (Å²) in [5, 5.41) is 9.64. The van der Waals surface area contributed by atoms with E-state index in [1.165, 1.54) is 18.2 Å². The Morgan fingerprint density at radius 2 is 1.87 bits per heavy atom. The highest BCUT2D eigenvalue weighted by molar-refractivity contribution is 14.1. The van der Waals surface area contributed by atoms with Gasteiger partial charge in [-0.3, -0.25) is 5.10 Å². The lowest BCUT2D eigenvalue weighted by Gasteiger charge is -2.16. The summed E-state index contributed by atoms with van der Waals surface area (Å²) >= 11 is 2.15. The highest BCUT2D eigenvalue weighted by Gasteiger charge is 2.34. The van der Waals surface area contributed by atoms with E-state index in [9.17, 15) is 13.2 Å². The number of hydrogen-bond acceptors (Lipinski definition) is 6. The van der Waals surface area contributed by atoms with Crippen molar-refractivity contribution in [2.45, 2.75) is 32.4 Å². The van der Waals surface area contributed by atoms with E-state index in [2.05, 4.69) is 53.1 Å². The number of nitrogens with one attached hydrogen (secondary N) is 2. The van der Waals surface area contributed by atoms with Crippen molar-refractivity contribution in [1.82, 2.24) is 25.1 Å². The van der Waals surface area contributed by atoms with Gasteiger partial charge in [-0.05, 0) is 37.2 Å². The number of alkyl halides is 4. The summed E-state index contributed by atoms with van der Waals surface area (Å²) in [6.45, 7) is 2.22. The molecule has 160 valence electrons. The fourth-order valence-corrected chi connectivity index (χ4v) is 3.02. The number of anilines is 2. The van der Waals surface area contributed by atoms with E-state index in [4.69, 9.17) is 4.74 Å². The van der Waals surface area contributed by atoms with Crippen molar-refractivity contribution < 1.29 is 17.9 Å². The summed E-state index contributed by atoms with van der Waals surface area (Å²) in [6.07, 6.45) is -2.29. The first-order chi connectivity index (χ1) is 14.4. The molecule has 0 amide bonds. The molecule has 1 aliphatic rings. The predicted octanol–water partition coefficient (Wildman–Crippen LogP) is 5.10. The predicted molar refractivity (Wildman–Crippen MR) is 115 cm³/mol. The molecule has 2 aromatic heterocycles. The molecule has 30 heavy (non-hydrogen) atoms. The molecule has 0 aliphatic carbocycles. The van der Waals surface area contributed by atoms with Crippen LogP contribution in [-0.2, 0) is 12.6 Å². The van der Waals surface area contributed by atoms with Crippen LogP contribution >= 0.6 is 22.6 Å². The van der Waals surface area contributed by atoms with Crippen molar-refractivity contribution in [3.8, 4) is 17.1 Å². The van der Waals surface area contributed by atoms with E-state index < -0.39 is 11.7 Å². The molecule has 0 atom stereocenters. The van der Waals surface area contributed by atoms with E-state index in [0.29, 0.717) is 30.3 Å². The lowest BCUT2D eigenvalue weighted by atomic mass is 10.1. The topological polar surface area (TPSA) is 88.6 Å². The minimum Gasteiger partial charge on any atom is -0.488 e. The van der Waals surface area contributed by atoms with Gasteiger partial charge in [-0.1, -0.05) is 40.8 Å². The molecule has 3 aromatic rings. The summed E-state index contributed by atoms with van der Waals surface area (Å²) in [5.41, 5.74) is -0.310. The number of benzene rings is 1. The normalized spacial score (nSPS) is 13.4. The highest BCUT2D eigenvalue weighted by Crippen LogP contribution is 2.38. The van der Waals surface area contributed by atoms with Crippen LogP contribution in [0.15, 0.2) is 24.3 Å². The van der Waals surface area contributed by atoms with Crippen molar-refractivity contribution in [3.63, 3.8) is 0 Å². The van der Waals surface area contributed by atoms with Crippen molar-refractivity contribution in [1.29, 1.82) is 0 Å². The second-order valence-electron chi connectivity index (χ2n) is 6.39. The molecule has 0 unspecified atom stereocenters. The van der Waals surface area contributed by atoms with Crippen LogP contribution in [0.2, 0.25) is 0 Å². The number of H-pyrrole nitrogens is 1. The molecule has 11 heteroatoms. The number of aromatic nitrogens is 5. The molecule has 3 heterocycles. The summed E-state index contributed by atoms with van der Waals surface area (Å²) in [4.78, 5) is 14.9. The average Bonchev–Trinajstić information content (AvgIpc) is 2.99. The standard InChI is InChI=1S/C18H17F3N6O.CH3I/c1-10-22-17(27-26-10)25-16-14-13(8-4-5-9-28-14)23-15(24-16)11-6-2-3-7-12(11)18(19,20)21;1-2/h2-3,6-7H,4-5,8-9H2,1H3,(H2,22,23,24,25,26,27);1H3. The van der Waals surface area contributed by atoms with Crippen LogP contribution < -0.4 is 10.1 Å². The fraction of sp³-hybridized carbons (Fsp3) is 0.368. The van der Waals surface area contributed by atoms with Crippen LogP contribution in [0.25, 0.3) is 11.4 Å². The van der Waals surface area contributed by atoms with Crippen molar-refractivity contribution in [2.24, 2.45) is 0 Å². The number of aromatic amines is 1. The van der Waals surface area contributed by atoms with Gasteiger partial charge < -0.3 is 10.1 Å². The van der Waals surface area contributed by atoms with Crippen molar-refractivity contribution in [3.05, 3.63) is 41.3 Å². The average molecular weight is 532 g/mol. The summed E-state index contributed by atoms with van der Waals surface area (Å²) in [6, 6.07) is 5.26. The maximum Gasteiger partial charge on any atom is 0.417 e. The third kappa shape index (κ3) is 4.99. The Labute approximate surface area is 185 Å². The van der Waals surface area contributed by atoms with Crippen LogP contribution in [0, 0.1) is 6.92 Å². The molecule has 0 saturated carbocycles. The zero-order valence-corrected chi connectivity index (χ0v) is 18.5. The monoisotopic (exact) mass is 532 g/mol. The maximum atomic E-state index is 13.5. The van der Waals surface area contributed by atoms with Gasteiger partial charge in [-0.25, -0.2) is 9.97 Å². The third-order valence-electron chi connectivity index (χ3n) is 4.29. The molecule has 0 fully saturated rings. The molecule has 0 radical (unpaired) electrons. The van der Waals surface area contributed by atoms with E-state index >= 15 is 0 Å².